The zero-order valence-electron chi connectivity index (χ0n) is 24.9. The summed E-state index contributed by atoms with van der Waals surface area (Å²) in [5, 5.41) is 6.92. The number of amides is 4. The van der Waals surface area contributed by atoms with Gasteiger partial charge in [-0.05, 0) is 62.6 Å². The highest BCUT2D eigenvalue weighted by Gasteiger charge is 2.39. The van der Waals surface area contributed by atoms with Gasteiger partial charge in [0, 0.05) is 68.6 Å². The molecule has 0 saturated carbocycles. The molecule has 6 rings (SSSR count). The van der Waals surface area contributed by atoms with Crippen molar-refractivity contribution >= 4 is 29.5 Å². The van der Waals surface area contributed by atoms with E-state index in [2.05, 4.69) is 33.5 Å². The molecule has 0 radical (unpaired) electrons. The first-order valence-corrected chi connectivity index (χ1v) is 14.6. The number of piperazine rings is 1. The molecule has 2 saturated heterocycles. The Morgan fingerprint density at radius 3 is 2.47 bits per heavy atom. The minimum absolute atomic E-state index is 0.193. The molecule has 0 aliphatic carbocycles. The number of hydrogen-bond acceptors (Lipinski definition) is 7. The fourth-order valence-corrected chi connectivity index (χ4v) is 6.06. The fourth-order valence-electron chi connectivity index (χ4n) is 6.06. The lowest BCUT2D eigenvalue weighted by Gasteiger charge is -2.36. The van der Waals surface area contributed by atoms with Crippen molar-refractivity contribution in [1.82, 2.24) is 24.9 Å². The molecule has 0 spiro atoms. The lowest BCUT2D eigenvalue weighted by atomic mass is 9.98. The van der Waals surface area contributed by atoms with Crippen molar-refractivity contribution < 1.29 is 23.9 Å². The van der Waals surface area contributed by atoms with Gasteiger partial charge in [-0.3, -0.25) is 24.4 Å². The fraction of sp³-hybridized carbons (Fsp3) is 0.406. The van der Waals surface area contributed by atoms with Gasteiger partial charge in [0.2, 0.25) is 11.8 Å². The number of carbonyl (C=O) groups is 4. The molecular weight excluding hydrogens is 548 g/mol. The summed E-state index contributed by atoms with van der Waals surface area (Å²) in [4.78, 5) is 55.3. The summed E-state index contributed by atoms with van der Waals surface area (Å²) in [6, 6.07) is 13.4. The Morgan fingerprint density at radius 1 is 0.977 bits per heavy atom. The van der Waals surface area contributed by atoms with Gasteiger partial charge < -0.3 is 19.4 Å². The molecule has 4 amide bonds. The highest BCUT2D eigenvalue weighted by molar-refractivity contribution is 6.05. The van der Waals surface area contributed by atoms with Crippen molar-refractivity contribution in [1.29, 1.82) is 0 Å². The summed E-state index contributed by atoms with van der Waals surface area (Å²) in [5.74, 6) is -0.913. The Bertz CT molecular complexity index is 1610. The maximum Gasteiger partial charge on any atom is 0.410 e. The Labute approximate surface area is 250 Å². The predicted octanol–water partition coefficient (Wildman–Crippen LogP) is 3.57. The Morgan fingerprint density at radius 2 is 1.74 bits per heavy atom. The molecule has 1 aromatic heterocycles. The van der Waals surface area contributed by atoms with Crippen LogP contribution in [-0.4, -0.2) is 81.2 Å². The van der Waals surface area contributed by atoms with E-state index >= 15 is 0 Å². The van der Waals surface area contributed by atoms with Crippen LogP contribution >= 0.6 is 0 Å². The second kappa shape index (κ2) is 10.9. The van der Waals surface area contributed by atoms with Crippen LogP contribution in [0.15, 0.2) is 48.7 Å². The van der Waals surface area contributed by atoms with Crippen molar-refractivity contribution in [2.24, 2.45) is 7.05 Å². The van der Waals surface area contributed by atoms with Gasteiger partial charge in [0.05, 0.1) is 11.9 Å². The summed E-state index contributed by atoms with van der Waals surface area (Å²) in [6.07, 6.45) is 2.10. The summed E-state index contributed by atoms with van der Waals surface area (Å²) >= 11 is 0. The SMILES string of the molecule is Cn1ncc(-c2ccc3c(c2)CN(C2CCC(=O)NC2=O)C3=O)c1-c1cccc(N2CCN(C(=O)OC(C)(C)C)CC2)c1. The highest BCUT2D eigenvalue weighted by atomic mass is 16.6. The van der Waals surface area contributed by atoms with Crippen LogP contribution in [0.1, 0.15) is 49.5 Å². The second-order valence-electron chi connectivity index (χ2n) is 12.3. The topological polar surface area (TPSA) is 117 Å². The number of hydrogen-bond donors (Lipinski definition) is 1. The maximum atomic E-state index is 13.2. The first-order chi connectivity index (χ1) is 20.5. The molecule has 224 valence electrons. The van der Waals surface area contributed by atoms with Crippen LogP contribution in [0.2, 0.25) is 0 Å². The average Bonchev–Trinajstić information content (AvgIpc) is 3.51. The molecular formula is C32H36N6O5. The Kier molecular flexibility index (Phi) is 7.19. The quantitative estimate of drug-likeness (QED) is 0.466. The number of nitrogens with zero attached hydrogens (tertiary/aromatic N) is 5. The van der Waals surface area contributed by atoms with Gasteiger partial charge in [0.15, 0.2) is 0 Å². The lowest BCUT2D eigenvalue weighted by Crippen LogP contribution is -2.52. The molecule has 3 aliphatic heterocycles. The third-order valence-corrected chi connectivity index (χ3v) is 8.19. The first-order valence-electron chi connectivity index (χ1n) is 14.6. The minimum Gasteiger partial charge on any atom is -0.444 e. The molecule has 1 atom stereocenters. The van der Waals surface area contributed by atoms with Crippen LogP contribution in [-0.2, 0) is 27.9 Å². The number of imide groups is 1. The molecule has 3 aliphatic rings. The monoisotopic (exact) mass is 584 g/mol. The second-order valence-corrected chi connectivity index (χ2v) is 12.3. The molecule has 2 fully saturated rings. The molecule has 3 aromatic rings. The van der Waals surface area contributed by atoms with Crippen LogP contribution < -0.4 is 10.2 Å². The van der Waals surface area contributed by atoms with Crippen molar-refractivity contribution in [3.63, 3.8) is 0 Å². The molecule has 11 heteroatoms. The molecule has 1 N–H and O–H groups in total. The van der Waals surface area contributed by atoms with Gasteiger partial charge in [-0.15, -0.1) is 0 Å². The van der Waals surface area contributed by atoms with Crippen molar-refractivity contribution in [2.75, 3.05) is 31.1 Å². The number of carbonyl (C=O) groups excluding carboxylic acids is 4. The van der Waals surface area contributed by atoms with E-state index in [1.165, 1.54) is 0 Å². The third-order valence-electron chi connectivity index (χ3n) is 8.19. The smallest absolute Gasteiger partial charge is 0.410 e. The zero-order valence-corrected chi connectivity index (χ0v) is 24.9. The molecule has 0 bridgehead atoms. The number of aryl methyl sites for hydroxylation is 1. The molecule has 11 nitrogen and oxygen atoms in total. The van der Waals surface area contributed by atoms with Crippen molar-refractivity contribution in [2.45, 2.75) is 51.8 Å². The number of aromatic nitrogens is 2. The normalized spacial score (nSPS) is 19.0. The number of fused-ring (bicyclic) bond motifs is 1. The van der Waals surface area contributed by atoms with E-state index in [4.69, 9.17) is 4.74 Å². The van der Waals surface area contributed by atoms with E-state index in [0.717, 1.165) is 33.6 Å². The molecule has 1 unspecified atom stereocenters. The van der Waals surface area contributed by atoms with Crippen molar-refractivity contribution in [3.05, 3.63) is 59.8 Å². The van der Waals surface area contributed by atoms with Crippen LogP contribution in [0, 0.1) is 0 Å². The van der Waals surface area contributed by atoms with Crippen LogP contribution in [0.3, 0.4) is 0 Å². The van der Waals surface area contributed by atoms with E-state index in [9.17, 15) is 19.2 Å². The number of rotatable bonds is 4. The van der Waals surface area contributed by atoms with Gasteiger partial charge in [-0.25, -0.2) is 4.79 Å². The number of anilines is 1. The Hall–Kier alpha value is -4.67. The molecule has 4 heterocycles. The lowest BCUT2D eigenvalue weighted by molar-refractivity contribution is -0.136. The van der Waals surface area contributed by atoms with Gasteiger partial charge in [-0.2, -0.15) is 5.10 Å². The third kappa shape index (κ3) is 5.59. The van der Waals surface area contributed by atoms with E-state index < -0.39 is 17.6 Å². The van der Waals surface area contributed by atoms with Gasteiger partial charge in [0.25, 0.3) is 5.91 Å². The standard InChI is InChI=1S/C32H36N6O5/c1-32(2,3)43-31(42)37-14-12-36(13-15-37)23-7-5-6-21(17-23)28-25(18-33-35(28)4)20-8-9-24-22(16-20)19-38(30(24)41)26-10-11-27(39)34-29(26)40/h5-9,16-18,26H,10-15,19H2,1-4H3,(H,34,39,40). The average molecular weight is 585 g/mol. The van der Waals surface area contributed by atoms with Crippen molar-refractivity contribution in [3.8, 4) is 22.4 Å². The number of piperidine rings is 1. The molecule has 43 heavy (non-hydrogen) atoms. The number of nitrogens with one attached hydrogen (secondary N) is 1. The van der Waals surface area contributed by atoms with Crippen LogP contribution in [0.4, 0.5) is 10.5 Å². The van der Waals surface area contributed by atoms with E-state index in [1.54, 1.807) is 9.80 Å². The summed E-state index contributed by atoms with van der Waals surface area (Å²) < 4.78 is 7.39. The van der Waals surface area contributed by atoms with E-state index in [0.29, 0.717) is 44.7 Å². The summed E-state index contributed by atoms with van der Waals surface area (Å²) in [7, 11) is 1.91. The summed E-state index contributed by atoms with van der Waals surface area (Å²) in [6.45, 7) is 8.49. The van der Waals surface area contributed by atoms with Gasteiger partial charge in [0.1, 0.15) is 11.6 Å². The Balaban J connectivity index is 1.21. The van der Waals surface area contributed by atoms with Crippen LogP contribution in [0.25, 0.3) is 22.4 Å². The number of ether oxygens (including phenoxy) is 1. The number of benzene rings is 2. The van der Waals surface area contributed by atoms with Crippen LogP contribution in [0.5, 0.6) is 0 Å². The largest absolute Gasteiger partial charge is 0.444 e. The summed E-state index contributed by atoms with van der Waals surface area (Å²) in [5.41, 5.74) is 5.77. The van der Waals surface area contributed by atoms with E-state index in [-0.39, 0.29) is 24.3 Å². The first kappa shape index (κ1) is 28.4. The predicted molar refractivity (Wildman–Crippen MR) is 160 cm³/mol. The van der Waals surface area contributed by atoms with E-state index in [1.807, 2.05) is 63.0 Å². The van der Waals surface area contributed by atoms with Gasteiger partial charge >= 0.3 is 6.09 Å². The highest BCUT2D eigenvalue weighted by Crippen LogP contribution is 2.37. The zero-order chi connectivity index (χ0) is 30.5. The molecule has 2 aromatic carbocycles. The minimum atomic E-state index is -0.649. The van der Waals surface area contributed by atoms with Gasteiger partial charge in [-0.1, -0.05) is 18.2 Å². The maximum absolute atomic E-state index is 13.2.